The molecule has 0 aromatic rings. The van der Waals surface area contributed by atoms with Crippen LogP contribution in [0.1, 0.15) is 0 Å². The average molecular weight is 121 g/mol. The standard InChI is InChI=1S/C3H7NO2S/c5-2-1-7-3(6)4-2/h2-6H,1H2. The Morgan fingerprint density at radius 1 is 1.57 bits per heavy atom. The van der Waals surface area contributed by atoms with Crippen molar-refractivity contribution in [3.8, 4) is 0 Å². The van der Waals surface area contributed by atoms with Gasteiger partial charge in [-0.05, 0) is 0 Å². The van der Waals surface area contributed by atoms with Crippen LogP contribution in [0.2, 0.25) is 0 Å². The van der Waals surface area contributed by atoms with Crippen LogP contribution in [0.25, 0.3) is 0 Å². The lowest BCUT2D eigenvalue weighted by Gasteiger charge is -1.98. The summed E-state index contributed by atoms with van der Waals surface area (Å²) in [5, 5.41) is 19.7. The Labute approximate surface area is 45.7 Å². The highest BCUT2D eigenvalue weighted by atomic mass is 32.2. The van der Waals surface area contributed by atoms with Crippen LogP contribution < -0.4 is 5.32 Å². The number of nitrogens with one attached hydrogen (secondary N) is 1. The fourth-order valence-corrected chi connectivity index (χ4v) is 1.16. The minimum atomic E-state index is -0.560. The maximum atomic E-state index is 8.61. The van der Waals surface area contributed by atoms with Crippen LogP contribution in [-0.2, 0) is 0 Å². The lowest BCUT2D eigenvalue weighted by Crippen LogP contribution is -2.28. The first-order chi connectivity index (χ1) is 3.29. The van der Waals surface area contributed by atoms with Crippen LogP contribution >= 0.6 is 11.8 Å². The molecule has 0 spiro atoms. The molecule has 2 atom stereocenters. The van der Waals surface area contributed by atoms with E-state index in [1.54, 1.807) is 0 Å². The highest BCUT2D eigenvalue weighted by Gasteiger charge is 2.18. The number of hydrogen-bond donors (Lipinski definition) is 3. The first-order valence-corrected chi connectivity index (χ1v) is 3.08. The maximum absolute atomic E-state index is 8.61. The van der Waals surface area contributed by atoms with Crippen molar-refractivity contribution < 1.29 is 10.2 Å². The number of hydrogen-bond acceptors (Lipinski definition) is 4. The van der Waals surface area contributed by atoms with Gasteiger partial charge in [-0.25, -0.2) is 0 Å². The third-order valence-electron chi connectivity index (χ3n) is 0.747. The number of aliphatic hydroxyl groups excluding tert-OH is 2. The van der Waals surface area contributed by atoms with E-state index in [1.165, 1.54) is 11.8 Å². The zero-order valence-electron chi connectivity index (χ0n) is 3.66. The van der Waals surface area contributed by atoms with Crippen molar-refractivity contribution in [2.24, 2.45) is 0 Å². The third kappa shape index (κ3) is 1.31. The van der Waals surface area contributed by atoms with Gasteiger partial charge < -0.3 is 10.2 Å². The SMILES string of the molecule is OC1CSC(O)N1. The zero-order valence-corrected chi connectivity index (χ0v) is 4.48. The summed E-state index contributed by atoms with van der Waals surface area (Å²) >= 11 is 1.30. The van der Waals surface area contributed by atoms with Gasteiger partial charge in [0, 0.05) is 5.75 Å². The van der Waals surface area contributed by atoms with Crippen LogP contribution in [0, 0.1) is 0 Å². The molecule has 0 aliphatic carbocycles. The summed E-state index contributed by atoms with van der Waals surface area (Å²) in [7, 11) is 0. The Morgan fingerprint density at radius 3 is 2.43 bits per heavy atom. The summed E-state index contributed by atoms with van der Waals surface area (Å²) in [5.41, 5.74) is -0.560. The molecule has 1 heterocycles. The summed E-state index contributed by atoms with van der Waals surface area (Å²) in [6, 6.07) is 0. The molecule has 1 saturated heterocycles. The summed E-state index contributed by atoms with van der Waals surface area (Å²) in [6.07, 6.45) is -0.514. The molecule has 0 aromatic carbocycles. The van der Waals surface area contributed by atoms with Crippen molar-refractivity contribution in [1.82, 2.24) is 5.32 Å². The summed E-state index contributed by atoms with van der Waals surface area (Å²) < 4.78 is 0. The molecule has 1 aliphatic heterocycles. The lowest BCUT2D eigenvalue weighted by atomic mass is 10.7. The Balaban J connectivity index is 2.26. The molecule has 1 fully saturated rings. The predicted molar refractivity (Wildman–Crippen MR) is 27.6 cm³/mol. The monoisotopic (exact) mass is 121 g/mol. The van der Waals surface area contributed by atoms with Gasteiger partial charge in [-0.1, -0.05) is 0 Å². The Kier molecular flexibility index (Phi) is 1.53. The maximum Gasteiger partial charge on any atom is 0.155 e. The van der Waals surface area contributed by atoms with E-state index in [-0.39, 0.29) is 0 Å². The van der Waals surface area contributed by atoms with Crippen molar-refractivity contribution in [2.45, 2.75) is 11.8 Å². The molecular formula is C3H7NO2S. The number of rotatable bonds is 0. The predicted octanol–water partition coefficient (Wildman–Crippen LogP) is -1.08. The molecule has 0 amide bonds. The van der Waals surface area contributed by atoms with E-state index < -0.39 is 11.8 Å². The van der Waals surface area contributed by atoms with Gasteiger partial charge in [-0.2, -0.15) is 0 Å². The van der Waals surface area contributed by atoms with Gasteiger partial charge in [-0.3, -0.25) is 5.32 Å². The van der Waals surface area contributed by atoms with Crippen LogP contribution in [-0.4, -0.2) is 27.8 Å². The topological polar surface area (TPSA) is 52.5 Å². The summed E-state index contributed by atoms with van der Waals surface area (Å²) in [6.45, 7) is 0. The molecule has 2 unspecified atom stereocenters. The van der Waals surface area contributed by atoms with Gasteiger partial charge in [-0.15, -0.1) is 11.8 Å². The fourth-order valence-electron chi connectivity index (χ4n) is 0.443. The second-order valence-electron chi connectivity index (χ2n) is 1.37. The van der Waals surface area contributed by atoms with Crippen molar-refractivity contribution in [3.63, 3.8) is 0 Å². The molecule has 1 rings (SSSR count). The van der Waals surface area contributed by atoms with E-state index in [2.05, 4.69) is 5.32 Å². The molecule has 42 valence electrons. The molecule has 3 nitrogen and oxygen atoms in total. The third-order valence-corrected chi connectivity index (χ3v) is 1.71. The van der Waals surface area contributed by atoms with E-state index >= 15 is 0 Å². The van der Waals surface area contributed by atoms with Crippen molar-refractivity contribution in [3.05, 3.63) is 0 Å². The number of aliphatic hydroxyl groups is 2. The Hall–Kier alpha value is 0.230. The normalized spacial score (nSPS) is 42.0. The molecule has 3 N–H and O–H groups in total. The smallest absolute Gasteiger partial charge is 0.155 e. The molecule has 4 heteroatoms. The second-order valence-corrected chi connectivity index (χ2v) is 2.48. The van der Waals surface area contributed by atoms with Gasteiger partial charge in [0.25, 0.3) is 0 Å². The largest absolute Gasteiger partial charge is 0.378 e. The molecule has 0 radical (unpaired) electrons. The molecule has 1 aliphatic rings. The average Bonchev–Trinajstić information content (AvgIpc) is 1.87. The molecular weight excluding hydrogens is 114 g/mol. The number of thioether (sulfide) groups is 1. The van der Waals surface area contributed by atoms with Crippen molar-refractivity contribution in [2.75, 3.05) is 5.75 Å². The zero-order chi connectivity index (χ0) is 5.28. The summed E-state index contributed by atoms with van der Waals surface area (Å²) in [5.74, 6) is 0.584. The van der Waals surface area contributed by atoms with Crippen LogP contribution in [0.5, 0.6) is 0 Å². The fraction of sp³-hybridized carbons (Fsp3) is 1.00. The first kappa shape index (κ1) is 5.37. The van der Waals surface area contributed by atoms with Gasteiger partial charge in [0.05, 0.1) is 0 Å². The van der Waals surface area contributed by atoms with Crippen LogP contribution in [0.3, 0.4) is 0 Å². The van der Waals surface area contributed by atoms with E-state index in [0.29, 0.717) is 5.75 Å². The second kappa shape index (κ2) is 2.00. The summed E-state index contributed by atoms with van der Waals surface area (Å²) in [4.78, 5) is 0. The lowest BCUT2D eigenvalue weighted by molar-refractivity contribution is 0.116. The first-order valence-electron chi connectivity index (χ1n) is 2.03. The Bertz CT molecular complexity index is 62.0. The highest BCUT2D eigenvalue weighted by molar-refractivity contribution is 7.99. The quantitative estimate of drug-likeness (QED) is 0.381. The van der Waals surface area contributed by atoms with Gasteiger partial charge in [0.2, 0.25) is 0 Å². The molecule has 0 aromatic heterocycles. The minimum absolute atomic E-state index is 0.514. The highest BCUT2D eigenvalue weighted by Crippen LogP contribution is 2.13. The van der Waals surface area contributed by atoms with Crippen LogP contribution in [0.15, 0.2) is 0 Å². The van der Waals surface area contributed by atoms with Crippen molar-refractivity contribution >= 4 is 11.8 Å². The minimum Gasteiger partial charge on any atom is -0.378 e. The van der Waals surface area contributed by atoms with Crippen LogP contribution in [0.4, 0.5) is 0 Å². The van der Waals surface area contributed by atoms with Gasteiger partial charge >= 0.3 is 0 Å². The van der Waals surface area contributed by atoms with Gasteiger partial charge in [0.15, 0.2) is 5.56 Å². The van der Waals surface area contributed by atoms with E-state index in [4.69, 9.17) is 10.2 Å². The molecule has 0 saturated carbocycles. The van der Waals surface area contributed by atoms with Crippen molar-refractivity contribution in [1.29, 1.82) is 0 Å². The van der Waals surface area contributed by atoms with Gasteiger partial charge in [0.1, 0.15) is 6.23 Å². The van der Waals surface area contributed by atoms with E-state index in [1.807, 2.05) is 0 Å². The van der Waals surface area contributed by atoms with E-state index in [0.717, 1.165) is 0 Å². The van der Waals surface area contributed by atoms with E-state index in [9.17, 15) is 0 Å². The Morgan fingerprint density at radius 2 is 2.29 bits per heavy atom. The molecule has 7 heavy (non-hydrogen) atoms. The molecule has 0 bridgehead atoms.